The molecule has 162 valence electrons. The van der Waals surface area contributed by atoms with Crippen molar-refractivity contribution in [3.63, 3.8) is 0 Å². The average molecular weight is 452 g/mol. The highest BCUT2D eigenvalue weighted by Gasteiger charge is 2.32. The van der Waals surface area contributed by atoms with E-state index in [9.17, 15) is 18.0 Å². The van der Waals surface area contributed by atoms with Crippen molar-refractivity contribution in [3.8, 4) is 0 Å². The summed E-state index contributed by atoms with van der Waals surface area (Å²) >= 11 is 5.96. The maximum Gasteiger partial charge on any atom is 0.247 e. The lowest BCUT2D eigenvalue weighted by atomic mass is 10.0. The fourth-order valence-electron chi connectivity index (χ4n) is 2.89. The number of hydrogen-bond acceptors (Lipinski definition) is 4. The second kappa shape index (κ2) is 10.6. The van der Waals surface area contributed by atoms with Gasteiger partial charge in [0.1, 0.15) is 6.04 Å². The first kappa shape index (κ1) is 23.9. The molecule has 0 aliphatic rings. The van der Waals surface area contributed by atoms with E-state index in [1.807, 2.05) is 6.07 Å². The van der Waals surface area contributed by atoms with Gasteiger partial charge in [0.15, 0.2) is 0 Å². The van der Waals surface area contributed by atoms with E-state index in [4.69, 9.17) is 11.6 Å². The number of nitrogens with one attached hydrogen (secondary N) is 1. The normalized spacial score (nSPS) is 12.4. The molecule has 0 heterocycles. The molecule has 2 amide bonds. The van der Waals surface area contributed by atoms with Gasteiger partial charge < -0.3 is 10.2 Å². The number of halogens is 1. The van der Waals surface area contributed by atoms with E-state index in [1.54, 1.807) is 55.5 Å². The summed E-state index contributed by atoms with van der Waals surface area (Å²) in [6.45, 7) is 1.93. The number of carbonyl (C=O) groups is 2. The van der Waals surface area contributed by atoms with Gasteiger partial charge in [-0.2, -0.15) is 4.31 Å². The molecular formula is C21H26ClN3O4S. The van der Waals surface area contributed by atoms with Gasteiger partial charge in [0.05, 0.1) is 12.8 Å². The largest absolute Gasteiger partial charge is 0.354 e. The summed E-state index contributed by atoms with van der Waals surface area (Å²) in [7, 11) is -2.23. The number of hydrogen-bond donors (Lipinski definition) is 1. The lowest BCUT2D eigenvalue weighted by molar-refractivity contribution is -0.141. The molecule has 7 nitrogen and oxygen atoms in total. The first-order valence-electron chi connectivity index (χ1n) is 9.41. The molecule has 0 saturated carbocycles. The van der Waals surface area contributed by atoms with E-state index in [1.165, 1.54) is 11.9 Å². The maximum atomic E-state index is 13.2. The zero-order valence-electron chi connectivity index (χ0n) is 17.2. The second-order valence-corrected chi connectivity index (χ2v) is 9.40. The van der Waals surface area contributed by atoms with Gasteiger partial charge >= 0.3 is 0 Å². The SMILES string of the molecule is CCNC(=O)[C@@H](c1ccccc1)N(Cc1ccc(Cl)cc1)C(=O)CN(C)S(C)(=O)=O. The molecule has 0 aliphatic carbocycles. The monoisotopic (exact) mass is 451 g/mol. The van der Waals surface area contributed by atoms with Gasteiger partial charge in [0, 0.05) is 25.2 Å². The molecule has 1 N–H and O–H groups in total. The van der Waals surface area contributed by atoms with Gasteiger partial charge in [-0.05, 0) is 30.2 Å². The Hall–Kier alpha value is -2.42. The van der Waals surface area contributed by atoms with E-state index in [2.05, 4.69) is 5.32 Å². The van der Waals surface area contributed by atoms with Crippen LogP contribution in [0.3, 0.4) is 0 Å². The fraction of sp³-hybridized carbons (Fsp3) is 0.333. The van der Waals surface area contributed by atoms with Crippen LogP contribution in [0.4, 0.5) is 0 Å². The van der Waals surface area contributed by atoms with Crippen molar-refractivity contribution in [2.45, 2.75) is 19.5 Å². The number of sulfonamides is 1. The van der Waals surface area contributed by atoms with Crippen LogP contribution in [-0.2, 0) is 26.2 Å². The smallest absolute Gasteiger partial charge is 0.247 e. The molecule has 0 radical (unpaired) electrons. The quantitative estimate of drug-likeness (QED) is 0.634. The minimum atomic E-state index is -3.56. The first-order chi connectivity index (χ1) is 14.1. The van der Waals surface area contributed by atoms with E-state index in [-0.39, 0.29) is 19.0 Å². The summed E-state index contributed by atoms with van der Waals surface area (Å²) in [5.74, 6) is -0.828. The lowest BCUT2D eigenvalue weighted by Gasteiger charge is -2.32. The number of nitrogens with zero attached hydrogens (tertiary/aromatic N) is 2. The Balaban J connectivity index is 2.47. The van der Waals surface area contributed by atoms with E-state index in [0.29, 0.717) is 17.1 Å². The molecule has 0 bridgehead atoms. The van der Waals surface area contributed by atoms with Gasteiger partial charge in [-0.3, -0.25) is 9.59 Å². The van der Waals surface area contributed by atoms with Crippen molar-refractivity contribution < 1.29 is 18.0 Å². The Morgan fingerprint density at radius 1 is 1.07 bits per heavy atom. The van der Waals surface area contributed by atoms with Crippen LogP contribution in [0.15, 0.2) is 54.6 Å². The van der Waals surface area contributed by atoms with Crippen molar-refractivity contribution in [2.24, 2.45) is 0 Å². The van der Waals surface area contributed by atoms with Crippen LogP contribution in [0.25, 0.3) is 0 Å². The van der Waals surface area contributed by atoms with Crippen molar-refractivity contribution in [1.82, 2.24) is 14.5 Å². The summed E-state index contributed by atoms with van der Waals surface area (Å²) in [6.07, 6.45) is 1.03. The summed E-state index contributed by atoms with van der Waals surface area (Å²) in [5, 5.41) is 3.32. The van der Waals surface area contributed by atoms with Crippen LogP contribution in [0, 0.1) is 0 Å². The van der Waals surface area contributed by atoms with Crippen molar-refractivity contribution in [3.05, 3.63) is 70.7 Å². The van der Waals surface area contributed by atoms with Crippen molar-refractivity contribution >= 4 is 33.4 Å². The minimum Gasteiger partial charge on any atom is -0.354 e. The molecule has 30 heavy (non-hydrogen) atoms. The Morgan fingerprint density at radius 2 is 1.67 bits per heavy atom. The predicted molar refractivity (Wildman–Crippen MR) is 117 cm³/mol. The predicted octanol–water partition coefficient (Wildman–Crippen LogP) is 2.44. The van der Waals surface area contributed by atoms with Crippen molar-refractivity contribution in [2.75, 3.05) is 26.4 Å². The summed E-state index contributed by atoms with van der Waals surface area (Å²) < 4.78 is 24.6. The molecule has 1 atom stereocenters. The van der Waals surface area contributed by atoms with Gasteiger partial charge in [-0.15, -0.1) is 0 Å². The number of likely N-dealkylation sites (N-methyl/N-ethyl adjacent to an activating group) is 2. The van der Waals surface area contributed by atoms with E-state index >= 15 is 0 Å². The molecule has 0 aliphatic heterocycles. The number of amides is 2. The van der Waals surface area contributed by atoms with Gasteiger partial charge in [0.2, 0.25) is 21.8 Å². The molecule has 2 rings (SSSR count). The zero-order chi connectivity index (χ0) is 22.3. The molecule has 0 unspecified atom stereocenters. The standard InChI is InChI=1S/C21H26ClN3O4S/c1-4-23-21(27)20(17-8-6-5-7-9-17)25(14-16-10-12-18(22)13-11-16)19(26)15-24(2)30(3,28)29/h5-13,20H,4,14-15H2,1-3H3,(H,23,27)/t20-/m1/s1. The zero-order valence-corrected chi connectivity index (χ0v) is 18.8. The van der Waals surface area contributed by atoms with Crippen LogP contribution in [0.1, 0.15) is 24.1 Å². The highest BCUT2D eigenvalue weighted by atomic mass is 35.5. The maximum absolute atomic E-state index is 13.2. The highest BCUT2D eigenvalue weighted by Crippen LogP contribution is 2.24. The van der Waals surface area contributed by atoms with Crippen LogP contribution in [-0.4, -0.2) is 55.8 Å². The average Bonchev–Trinajstić information content (AvgIpc) is 2.69. The Kier molecular flexibility index (Phi) is 8.40. The summed E-state index contributed by atoms with van der Waals surface area (Å²) in [4.78, 5) is 27.6. The Bertz CT molecular complexity index is 966. The molecule has 0 fully saturated rings. The third-order valence-electron chi connectivity index (χ3n) is 4.54. The summed E-state index contributed by atoms with van der Waals surface area (Å²) in [5.41, 5.74) is 1.40. The lowest BCUT2D eigenvalue weighted by Crippen LogP contribution is -2.47. The van der Waals surface area contributed by atoms with E-state index in [0.717, 1.165) is 16.1 Å². The molecule has 0 saturated heterocycles. The minimum absolute atomic E-state index is 0.115. The topological polar surface area (TPSA) is 86.8 Å². The molecule has 9 heteroatoms. The Labute approximate surface area is 182 Å². The highest BCUT2D eigenvalue weighted by molar-refractivity contribution is 7.88. The number of rotatable bonds is 9. The molecule has 0 aromatic heterocycles. The second-order valence-electron chi connectivity index (χ2n) is 6.87. The number of carbonyl (C=O) groups excluding carboxylic acids is 2. The molecule has 2 aromatic carbocycles. The van der Waals surface area contributed by atoms with E-state index < -0.39 is 22.0 Å². The van der Waals surface area contributed by atoms with Crippen LogP contribution < -0.4 is 5.32 Å². The fourth-order valence-corrected chi connectivity index (χ4v) is 3.36. The third kappa shape index (κ3) is 6.55. The first-order valence-corrected chi connectivity index (χ1v) is 11.6. The van der Waals surface area contributed by atoms with Gasteiger partial charge in [-0.25, -0.2) is 8.42 Å². The molecule has 2 aromatic rings. The van der Waals surface area contributed by atoms with Gasteiger partial charge in [0.25, 0.3) is 0 Å². The van der Waals surface area contributed by atoms with Crippen LogP contribution in [0.5, 0.6) is 0 Å². The van der Waals surface area contributed by atoms with Crippen molar-refractivity contribution in [1.29, 1.82) is 0 Å². The summed E-state index contributed by atoms with van der Waals surface area (Å²) in [6, 6.07) is 14.9. The third-order valence-corrected chi connectivity index (χ3v) is 6.05. The Morgan fingerprint density at radius 3 is 2.20 bits per heavy atom. The van der Waals surface area contributed by atoms with Crippen LogP contribution in [0.2, 0.25) is 5.02 Å². The molecular weight excluding hydrogens is 426 g/mol. The number of benzene rings is 2. The molecule has 0 spiro atoms. The van der Waals surface area contributed by atoms with Gasteiger partial charge in [-0.1, -0.05) is 54.1 Å². The van der Waals surface area contributed by atoms with Crippen LogP contribution >= 0.6 is 11.6 Å².